The molecule has 0 fully saturated rings. The number of ether oxygens (including phenoxy) is 2. The third-order valence-electron chi connectivity index (χ3n) is 4.87. The lowest BCUT2D eigenvalue weighted by Crippen LogP contribution is -2.19. The first-order valence-corrected chi connectivity index (χ1v) is 9.67. The zero-order chi connectivity index (χ0) is 22.7. The summed E-state index contributed by atoms with van der Waals surface area (Å²) in [6, 6.07) is 15.3. The number of hydrogen-bond donors (Lipinski definition) is 4. The highest BCUT2D eigenvalue weighted by Crippen LogP contribution is 2.32. The number of primary amides is 1. The van der Waals surface area contributed by atoms with Crippen LogP contribution in [0.15, 0.2) is 60.8 Å². The van der Waals surface area contributed by atoms with Crippen molar-refractivity contribution in [1.82, 2.24) is 9.97 Å². The number of H-pyrrole nitrogens is 1. The first kappa shape index (κ1) is 20.7. The lowest BCUT2D eigenvalue weighted by molar-refractivity contribution is 0.0997. The first-order valence-electron chi connectivity index (χ1n) is 9.67. The molecule has 0 atom stereocenters. The molecule has 2 aromatic carbocycles. The van der Waals surface area contributed by atoms with E-state index in [1.54, 1.807) is 61.8 Å². The van der Waals surface area contributed by atoms with Gasteiger partial charge in [-0.15, -0.1) is 0 Å². The Kier molecular flexibility index (Phi) is 5.63. The molecule has 162 valence electrons. The van der Waals surface area contributed by atoms with Crippen molar-refractivity contribution in [1.29, 1.82) is 0 Å². The summed E-state index contributed by atoms with van der Waals surface area (Å²) >= 11 is 0. The smallest absolute Gasteiger partial charge is 0.323 e. The number of benzene rings is 2. The highest BCUT2D eigenvalue weighted by atomic mass is 16.5. The quantitative estimate of drug-likeness (QED) is 0.367. The Labute approximate surface area is 183 Å². The van der Waals surface area contributed by atoms with E-state index in [2.05, 4.69) is 20.6 Å². The largest absolute Gasteiger partial charge is 0.493 e. The predicted octanol–water partition coefficient (Wildman–Crippen LogP) is 3.99. The van der Waals surface area contributed by atoms with Crippen LogP contribution >= 0.6 is 0 Å². The van der Waals surface area contributed by atoms with Crippen molar-refractivity contribution >= 4 is 34.3 Å². The topological polar surface area (TPSA) is 131 Å². The van der Waals surface area contributed by atoms with Gasteiger partial charge in [-0.1, -0.05) is 12.1 Å². The van der Waals surface area contributed by atoms with E-state index in [0.29, 0.717) is 39.5 Å². The lowest BCUT2D eigenvalue weighted by atomic mass is 10.0. The van der Waals surface area contributed by atoms with Crippen molar-refractivity contribution in [2.24, 2.45) is 5.73 Å². The Morgan fingerprint density at radius 3 is 2.31 bits per heavy atom. The van der Waals surface area contributed by atoms with Crippen LogP contribution < -0.4 is 25.8 Å². The highest BCUT2D eigenvalue weighted by molar-refractivity contribution is 6.08. The number of nitrogens with one attached hydrogen (secondary N) is 3. The van der Waals surface area contributed by atoms with E-state index in [9.17, 15) is 9.59 Å². The molecular weight excluding hydrogens is 410 g/mol. The molecule has 9 heteroatoms. The molecule has 0 radical (unpaired) electrons. The number of amides is 3. The summed E-state index contributed by atoms with van der Waals surface area (Å²) in [5.74, 6) is 0.498. The average Bonchev–Trinajstić information content (AvgIpc) is 3.19. The SMILES string of the molecule is COc1ccc(NC(=O)Nc2ccc(-c3c(C(N)=O)[nH]c4cccnc34)cc2)cc1OC. The van der Waals surface area contributed by atoms with Crippen LogP contribution in [-0.4, -0.2) is 36.1 Å². The Balaban J connectivity index is 1.53. The van der Waals surface area contributed by atoms with Crippen molar-refractivity contribution in [3.05, 3.63) is 66.5 Å². The molecule has 0 aliphatic heterocycles. The molecule has 0 aliphatic rings. The zero-order valence-electron chi connectivity index (χ0n) is 17.4. The van der Waals surface area contributed by atoms with Crippen LogP contribution in [0.4, 0.5) is 16.2 Å². The third kappa shape index (κ3) is 4.04. The summed E-state index contributed by atoms with van der Waals surface area (Å²) in [6.45, 7) is 0. The molecule has 4 aromatic rings. The Morgan fingerprint density at radius 2 is 1.62 bits per heavy atom. The molecular formula is C23H21N5O4. The number of aromatic amines is 1. The summed E-state index contributed by atoms with van der Waals surface area (Å²) in [5.41, 5.74) is 9.67. The fraction of sp³-hybridized carbons (Fsp3) is 0.0870. The van der Waals surface area contributed by atoms with Gasteiger partial charge in [0.15, 0.2) is 11.5 Å². The third-order valence-corrected chi connectivity index (χ3v) is 4.87. The van der Waals surface area contributed by atoms with Crippen LogP contribution in [0.1, 0.15) is 10.5 Å². The van der Waals surface area contributed by atoms with E-state index in [1.807, 2.05) is 6.07 Å². The van der Waals surface area contributed by atoms with Crippen LogP contribution in [0.25, 0.3) is 22.2 Å². The van der Waals surface area contributed by atoms with Gasteiger partial charge >= 0.3 is 6.03 Å². The maximum atomic E-state index is 12.4. The fourth-order valence-electron chi connectivity index (χ4n) is 3.41. The van der Waals surface area contributed by atoms with Crippen LogP contribution in [0.3, 0.4) is 0 Å². The molecule has 5 N–H and O–H groups in total. The molecule has 3 amide bonds. The Bertz CT molecular complexity index is 1300. The molecule has 0 saturated heterocycles. The van der Waals surface area contributed by atoms with Gasteiger partial charge < -0.3 is 30.8 Å². The van der Waals surface area contributed by atoms with Gasteiger partial charge in [-0.3, -0.25) is 9.78 Å². The van der Waals surface area contributed by atoms with Gasteiger partial charge in [0.05, 0.1) is 25.3 Å². The van der Waals surface area contributed by atoms with Gasteiger partial charge in [-0.05, 0) is 42.0 Å². The van der Waals surface area contributed by atoms with E-state index in [1.165, 1.54) is 7.11 Å². The number of nitrogens with zero attached hydrogens (tertiary/aromatic N) is 1. The number of nitrogens with two attached hydrogens (primary N) is 1. The van der Waals surface area contributed by atoms with E-state index >= 15 is 0 Å². The molecule has 0 unspecified atom stereocenters. The van der Waals surface area contributed by atoms with Crippen LogP contribution in [-0.2, 0) is 0 Å². The number of fused-ring (bicyclic) bond motifs is 1. The lowest BCUT2D eigenvalue weighted by Gasteiger charge is -2.11. The fourth-order valence-corrected chi connectivity index (χ4v) is 3.41. The minimum Gasteiger partial charge on any atom is -0.493 e. The Hall–Kier alpha value is -4.53. The Morgan fingerprint density at radius 1 is 0.938 bits per heavy atom. The second-order valence-electron chi connectivity index (χ2n) is 6.87. The van der Waals surface area contributed by atoms with Crippen molar-refractivity contribution in [2.75, 3.05) is 24.9 Å². The maximum absolute atomic E-state index is 12.4. The standard InChI is InChI=1S/C23H21N5O4/c1-31-17-10-9-15(12-18(17)32-2)27-23(30)26-14-7-5-13(6-8-14)19-20-16(4-3-11-25-20)28-21(19)22(24)29/h3-12,28H,1-2H3,(H2,24,29)(H2,26,27,30). The number of carbonyl (C=O) groups excluding carboxylic acids is 2. The van der Waals surface area contributed by atoms with Crippen LogP contribution in [0.5, 0.6) is 11.5 Å². The summed E-state index contributed by atoms with van der Waals surface area (Å²) in [4.78, 5) is 31.7. The second kappa shape index (κ2) is 8.68. The number of urea groups is 1. The molecule has 2 heterocycles. The normalized spacial score (nSPS) is 10.6. The van der Waals surface area contributed by atoms with E-state index in [0.717, 1.165) is 5.56 Å². The van der Waals surface area contributed by atoms with Crippen molar-refractivity contribution in [3.63, 3.8) is 0 Å². The monoisotopic (exact) mass is 431 g/mol. The number of carbonyl (C=O) groups is 2. The summed E-state index contributed by atoms with van der Waals surface area (Å²) in [6.07, 6.45) is 1.65. The molecule has 0 saturated carbocycles. The van der Waals surface area contributed by atoms with Crippen LogP contribution in [0, 0.1) is 0 Å². The number of pyridine rings is 1. The van der Waals surface area contributed by atoms with E-state index in [4.69, 9.17) is 15.2 Å². The molecule has 2 aromatic heterocycles. The van der Waals surface area contributed by atoms with Gasteiger partial charge in [-0.25, -0.2) is 4.79 Å². The van der Waals surface area contributed by atoms with Gasteiger partial charge in [0.2, 0.25) is 0 Å². The number of rotatable bonds is 6. The molecule has 0 spiro atoms. The molecule has 0 bridgehead atoms. The maximum Gasteiger partial charge on any atom is 0.323 e. The number of hydrogen-bond acceptors (Lipinski definition) is 5. The van der Waals surface area contributed by atoms with Gasteiger partial charge in [0, 0.05) is 29.2 Å². The summed E-state index contributed by atoms with van der Waals surface area (Å²) < 4.78 is 10.4. The average molecular weight is 431 g/mol. The second-order valence-corrected chi connectivity index (χ2v) is 6.87. The number of methoxy groups -OCH3 is 2. The van der Waals surface area contributed by atoms with E-state index in [-0.39, 0.29) is 5.69 Å². The van der Waals surface area contributed by atoms with Crippen LogP contribution in [0.2, 0.25) is 0 Å². The minimum absolute atomic E-state index is 0.283. The van der Waals surface area contributed by atoms with E-state index < -0.39 is 11.9 Å². The zero-order valence-corrected chi connectivity index (χ0v) is 17.4. The van der Waals surface area contributed by atoms with Crippen molar-refractivity contribution in [3.8, 4) is 22.6 Å². The molecule has 9 nitrogen and oxygen atoms in total. The number of anilines is 2. The van der Waals surface area contributed by atoms with Gasteiger partial charge in [0.25, 0.3) is 5.91 Å². The van der Waals surface area contributed by atoms with Crippen molar-refractivity contribution < 1.29 is 19.1 Å². The first-order chi connectivity index (χ1) is 15.5. The minimum atomic E-state index is -0.575. The molecule has 0 aliphatic carbocycles. The van der Waals surface area contributed by atoms with Gasteiger partial charge in [-0.2, -0.15) is 0 Å². The summed E-state index contributed by atoms with van der Waals surface area (Å²) in [7, 11) is 3.07. The summed E-state index contributed by atoms with van der Waals surface area (Å²) in [5, 5.41) is 5.51. The molecule has 4 rings (SSSR count). The van der Waals surface area contributed by atoms with Crippen molar-refractivity contribution in [2.45, 2.75) is 0 Å². The highest BCUT2D eigenvalue weighted by Gasteiger charge is 2.18. The molecule has 32 heavy (non-hydrogen) atoms. The number of aromatic nitrogens is 2. The predicted molar refractivity (Wildman–Crippen MR) is 122 cm³/mol. The van der Waals surface area contributed by atoms with Gasteiger partial charge in [0.1, 0.15) is 5.69 Å².